The molecule has 10 heteroatoms. The molecule has 0 unspecified atom stereocenters. The molecule has 2 aromatic heterocycles. The summed E-state index contributed by atoms with van der Waals surface area (Å²) in [5.74, 6) is -0.481. The molecule has 21 heavy (non-hydrogen) atoms. The summed E-state index contributed by atoms with van der Waals surface area (Å²) in [6.07, 6.45) is -3.38. The highest BCUT2D eigenvalue weighted by Gasteiger charge is 2.28. The molecule has 0 saturated heterocycles. The molecule has 112 valence electrons. The van der Waals surface area contributed by atoms with Gasteiger partial charge in [0.1, 0.15) is 0 Å². The van der Waals surface area contributed by atoms with Gasteiger partial charge in [0.05, 0.1) is 5.56 Å². The summed E-state index contributed by atoms with van der Waals surface area (Å²) < 4.78 is 45.0. The van der Waals surface area contributed by atoms with E-state index < -0.39 is 18.7 Å². The van der Waals surface area contributed by atoms with Gasteiger partial charge in [-0.25, -0.2) is 4.98 Å². The van der Waals surface area contributed by atoms with Crippen molar-refractivity contribution < 1.29 is 27.2 Å². The molecule has 2 rings (SSSR count). The monoisotopic (exact) mass is 302 g/mol. The lowest BCUT2D eigenvalue weighted by Gasteiger charge is -2.08. The lowest BCUT2D eigenvalue weighted by atomic mass is 10.3. The van der Waals surface area contributed by atoms with Crippen LogP contribution < -0.4 is 10.1 Å². The Morgan fingerprint density at radius 3 is 2.71 bits per heavy atom. The second kappa shape index (κ2) is 5.77. The van der Waals surface area contributed by atoms with Gasteiger partial charge in [0.25, 0.3) is 5.91 Å². The van der Waals surface area contributed by atoms with Crippen molar-refractivity contribution >= 4 is 11.9 Å². The van der Waals surface area contributed by atoms with E-state index >= 15 is 0 Å². The van der Waals surface area contributed by atoms with Gasteiger partial charge in [0.15, 0.2) is 12.4 Å². The first-order valence-corrected chi connectivity index (χ1v) is 5.61. The average molecular weight is 302 g/mol. The van der Waals surface area contributed by atoms with Crippen LogP contribution in [0.2, 0.25) is 0 Å². The van der Waals surface area contributed by atoms with Crippen molar-refractivity contribution in [3.63, 3.8) is 0 Å². The Kier molecular flexibility index (Phi) is 4.05. The molecule has 7 nitrogen and oxygen atoms in total. The number of hydrogen-bond acceptors (Lipinski definition) is 6. The fraction of sp³-hybridized carbons (Fsp3) is 0.273. The van der Waals surface area contributed by atoms with E-state index in [1.807, 2.05) is 0 Å². The smallest absolute Gasteiger partial charge is 0.422 e. The maximum Gasteiger partial charge on any atom is 0.422 e. The molecule has 1 N–H and O–H groups in total. The molecule has 0 aliphatic heterocycles. The fourth-order valence-electron chi connectivity index (χ4n) is 1.27. The SMILES string of the molecule is Cc1noc(NC(=O)c2ccc(OCC(F)(F)F)nc2)n1. The number of carbonyl (C=O) groups excluding carboxylic acids is 1. The molecule has 0 atom stereocenters. The Labute approximate surface area is 116 Å². The van der Waals surface area contributed by atoms with Gasteiger partial charge in [0.2, 0.25) is 5.88 Å². The van der Waals surface area contributed by atoms with Crippen LogP contribution in [0.3, 0.4) is 0 Å². The molecule has 2 aromatic rings. The molecule has 0 aromatic carbocycles. The Hall–Kier alpha value is -2.65. The zero-order valence-corrected chi connectivity index (χ0v) is 10.6. The van der Waals surface area contributed by atoms with Crippen molar-refractivity contribution in [2.45, 2.75) is 13.1 Å². The van der Waals surface area contributed by atoms with Gasteiger partial charge in [-0.3, -0.25) is 10.1 Å². The summed E-state index contributed by atoms with van der Waals surface area (Å²) >= 11 is 0. The summed E-state index contributed by atoms with van der Waals surface area (Å²) in [4.78, 5) is 19.1. The minimum absolute atomic E-state index is 0.0881. The molecule has 0 fully saturated rings. The van der Waals surface area contributed by atoms with Crippen LogP contribution >= 0.6 is 0 Å². The topological polar surface area (TPSA) is 90.1 Å². The summed E-state index contributed by atoms with van der Waals surface area (Å²) in [7, 11) is 0. The lowest BCUT2D eigenvalue weighted by molar-refractivity contribution is -0.154. The predicted molar refractivity (Wildman–Crippen MR) is 62.8 cm³/mol. The number of ether oxygens (including phenoxy) is 1. The van der Waals surface area contributed by atoms with Crippen molar-refractivity contribution in [2.24, 2.45) is 0 Å². The number of rotatable bonds is 4. The van der Waals surface area contributed by atoms with Gasteiger partial charge in [-0.05, 0) is 13.0 Å². The number of nitrogens with zero attached hydrogens (tertiary/aromatic N) is 3. The number of halogens is 3. The molecule has 0 saturated carbocycles. The van der Waals surface area contributed by atoms with Crippen LogP contribution in [-0.2, 0) is 0 Å². The number of aryl methyl sites for hydroxylation is 1. The standard InChI is InChI=1S/C11H9F3N4O3/c1-6-16-10(21-18-6)17-9(19)7-2-3-8(15-4-7)20-5-11(12,13)14/h2-4H,5H2,1H3,(H,16,17,18,19). The second-order valence-corrected chi connectivity index (χ2v) is 3.89. The number of aromatic nitrogens is 3. The Morgan fingerprint density at radius 2 is 2.19 bits per heavy atom. The van der Waals surface area contributed by atoms with Crippen molar-refractivity contribution in [3.8, 4) is 5.88 Å². The van der Waals surface area contributed by atoms with Crippen molar-refractivity contribution in [1.82, 2.24) is 15.1 Å². The van der Waals surface area contributed by atoms with Crippen LogP contribution in [0, 0.1) is 6.92 Å². The van der Waals surface area contributed by atoms with Crippen LogP contribution in [0.4, 0.5) is 19.2 Å². The molecule has 0 bridgehead atoms. The normalized spacial score (nSPS) is 11.2. The van der Waals surface area contributed by atoms with E-state index in [4.69, 9.17) is 4.52 Å². The highest BCUT2D eigenvalue weighted by Crippen LogP contribution is 2.17. The van der Waals surface area contributed by atoms with Gasteiger partial charge in [0, 0.05) is 12.3 Å². The Morgan fingerprint density at radius 1 is 1.43 bits per heavy atom. The summed E-state index contributed by atoms with van der Waals surface area (Å²) in [5, 5.41) is 5.80. The summed E-state index contributed by atoms with van der Waals surface area (Å²) in [6, 6.07) is 2.33. The average Bonchev–Trinajstić information content (AvgIpc) is 2.81. The van der Waals surface area contributed by atoms with E-state index in [1.54, 1.807) is 6.92 Å². The summed E-state index contributed by atoms with van der Waals surface area (Å²) in [5.41, 5.74) is 0.102. The zero-order chi connectivity index (χ0) is 15.5. The zero-order valence-electron chi connectivity index (χ0n) is 10.6. The first-order chi connectivity index (χ1) is 9.83. The quantitative estimate of drug-likeness (QED) is 0.928. The van der Waals surface area contributed by atoms with Crippen LogP contribution in [0.25, 0.3) is 0 Å². The van der Waals surface area contributed by atoms with Crippen LogP contribution in [0.15, 0.2) is 22.9 Å². The number of amides is 1. The maximum atomic E-state index is 12.0. The number of carbonyl (C=O) groups is 1. The van der Waals surface area contributed by atoms with Gasteiger partial charge in [-0.1, -0.05) is 5.16 Å². The van der Waals surface area contributed by atoms with Crippen LogP contribution in [0.1, 0.15) is 16.2 Å². The van der Waals surface area contributed by atoms with Crippen molar-refractivity contribution in [2.75, 3.05) is 11.9 Å². The Bertz CT molecular complexity index is 624. The highest BCUT2D eigenvalue weighted by molar-refractivity contribution is 6.02. The molecule has 1 amide bonds. The van der Waals surface area contributed by atoms with E-state index in [9.17, 15) is 18.0 Å². The second-order valence-electron chi connectivity index (χ2n) is 3.89. The molecular weight excluding hydrogens is 293 g/mol. The molecule has 0 aliphatic carbocycles. The lowest BCUT2D eigenvalue weighted by Crippen LogP contribution is -2.19. The van der Waals surface area contributed by atoms with E-state index in [1.165, 1.54) is 6.07 Å². The molecule has 0 spiro atoms. The third-order valence-electron chi connectivity index (χ3n) is 2.13. The van der Waals surface area contributed by atoms with Gasteiger partial charge in [-0.15, -0.1) is 0 Å². The maximum absolute atomic E-state index is 12.0. The third-order valence-corrected chi connectivity index (χ3v) is 2.13. The molecular formula is C11H9F3N4O3. The van der Waals surface area contributed by atoms with Crippen LogP contribution in [0.5, 0.6) is 5.88 Å². The largest absolute Gasteiger partial charge is 0.468 e. The molecule has 0 radical (unpaired) electrons. The number of pyridine rings is 1. The number of hydrogen-bond donors (Lipinski definition) is 1. The van der Waals surface area contributed by atoms with Crippen LogP contribution in [-0.4, -0.2) is 33.8 Å². The van der Waals surface area contributed by atoms with Gasteiger partial charge in [-0.2, -0.15) is 18.2 Å². The minimum Gasteiger partial charge on any atom is -0.468 e. The predicted octanol–water partition coefficient (Wildman–Crippen LogP) is 1.97. The third kappa shape index (κ3) is 4.44. The van der Waals surface area contributed by atoms with Gasteiger partial charge < -0.3 is 9.26 Å². The number of nitrogens with one attached hydrogen (secondary N) is 1. The van der Waals surface area contributed by atoms with E-state index in [-0.39, 0.29) is 17.5 Å². The molecule has 0 aliphatic rings. The van der Waals surface area contributed by atoms with Crippen molar-refractivity contribution in [3.05, 3.63) is 29.7 Å². The van der Waals surface area contributed by atoms with E-state index in [0.29, 0.717) is 5.82 Å². The van der Waals surface area contributed by atoms with Crippen molar-refractivity contribution in [1.29, 1.82) is 0 Å². The first-order valence-electron chi connectivity index (χ1n) is 5.61. The van der Waals surface area contributed by atoms with E-state index in [0.717, 1.165) is 12.3 Å². The Balaban J connectivity index is 1.96. The minimum atomic E-state index is -4.45. The summed E-state index contributed by atoms with van der Waals surface area (Å²) in [6.45, 7) is 0.125. The first kappa shape index (κ1) is 14.8. The number of alkyl halides is 3. The van der Waals surface area contributed by atoms with Gasteiger partial charge >= 0.3 is 12.2 Å². The number of anilines is 1. The fourth-order valence-corrected chi connectivity index (χ4v) is 1.27. The molecule has 2 heterocycles. The van der Waals surface area contributed by atoms with E-state index in [2.05, 4.69) is 25.2 Å². The highest BCUT2D eigenvalue weighted by atomic mass is 19.4.